The number of benzene rings is 2. The van der Waals surface area contributed by atoms with Gasteiger partial charge in [-0.25, -0.2) is 4.79 Å². The van der Waals surface area contributed by atoms with E-state index in [-0.39, 0.29) is 11.4 Å². The van der Waals surface area contributed by atoms with Crippen molar-refractivity contribution >= 4 is 23.4 Å². The number of fused-ring (bicyclic) bond motifs is 1. The van der Waals surface area contributed by atoms with Crippen molar-refractivity contribution in [1.82, 2.24) is 0 Å². The van der Waals surface area contributed by atoms with Gasteiger partial charge in [-0.15, -0.1) is 0 Å². The average Bonchev–Trinajstić information content (AvgIpc) is 2.49. The van der Waals surface area contributed by atoms with Crippen molar-refractivity contribution in [3.63, 3.8) is 0 Å². The number of anilines is 2. The zero-order valence-corrected chi connectivity index (χ0v) is 11.2. The minimum atomic E-state index is -2.03. The summed E-state index contributed by atoms with van der Waals surface area (Å²) in [5.74, 6) is -0.305. The number of halogens is 1. The Hall–Kier alpha value is -3.09. The molecule has 2 N–H and O–H groups in total. The molecule has 1 aliphatic rings. The van der Waals surface area contributed by atoms with Gasteiger partial charge in [0.05, 0.1) is 5.69 Å². The van der Waals surface area contributed by atoms with Crippen LogP contribution in [0.4, 0.5) is 20.6 Å². The van der Waals surface area contributed by atoms with E-state index in [9.17, 15) is 14.0 Å². The maximum absolute atomic E-state index is 13.1. The highest BCUT2D eigenvalue weighted by molar-refractivity contribution is 5.98. The Labute approximate surface area is 124 Å². The van der Waals surface area contributed by atoms with Crippen LogP contribution in [0.15, 0.2) is 48.5 Å². The summed E-state index contributed by atoms with van der Waals surface area (Å²) >= 11 is 0. The van der Waals surface area contributed by atoms with Crippen molar-refractivity contribution in [3.8, 4) is 11.5 Å². The minimum absolute atomic E-state index is 0.189. The highest BCUT2D eigenvalue weighted by atomic mass is 19.1. The monoisotopic (exact) mass is 302 g/mol. The summed E-state index contributed by atoms with van der Waals surface area (Å²) in [5, 5.41) is 4.85. The molecule has 0 bridgehead atoms. The van der Waals surface area contributed by atoms with E-state index in [1.165, 1.54) is 18.2 Å². The third-order valence-corrected chi connectivity index (χ3v) is 2.87. The number of nitrogens with one attached hydrogen (secondary N) is 2. The first-order valence-electron chi connectivity index (χ1n) is 6.41. The van der Waals surface area contributed by atoms with Crippen LogP contribution in [0.2, 0.25) is 0 Å². The second kappa shape index (κ2) is 5.72. The molecule has 0 radical (unpaired) electrons. The van der Waals surface area contributed by atoms with Crippen molar-refractivity contribution in [2.24, 2.45) is 0 Å². The summed E-state index contributed by atoms with van der Waals surface area (Å²) < 4.78 is 22.9. The van der Waals surface area contributed by atoms with Gasteiger partial charge >= 0.3 is 12.5 Å². The van der Waals surface area contributed by atoms with E-state index >= 15 is 0 Å². The van der Waals surface area contributed by atoms with Gasteiger partial charge in [0.15, 0.2) is 0 Å². The molecule has 6 nitrogen and oxygen atoms in total. The molecule has 0 spiro atoms. The van der Waals surface area contributed by atoms with Gasteiger partial charge in [-0.05, 0) is 30.3 Å². The standard InChI is InChI=1S/C15H11FN2O4/c16-13-14(19)18-11-8-9(6-7-12(11)22-13)17-15(20)21-10-4-2-1-3-5-10/h1-8,13H,(H,17,20)(H,18,19). The number of para-hydroxylation sites is 1. The fraction of sp³-hybridized carbons (Fsp3) is 0.0667. The zero-order valence-electron chi connectivity index (χ0n) is 11.2. The van der Waals surface area contributed by atoms with Crippen molar-refractivity contribution in [1.29, 1.82) is 0 Å². The van der Waals surface area contributed by atoms with E-state index < -0.39 is 18.4 Å². The molecule has 1 heterocycles. The first-order valence-corrected chi connectivity index (χ1v) is 6.41. The van der Waals surface area contributed by atoms with Crippen molar-refractivity contribution in [2.45, 2.75) is 6.36 Å². The van der Waals surface area contributed by atoms with Crippen LogP contribution >= 0.6 is 0 Å². The molecule has 2 aromatic rings. The number of carbonyl (C=O) groups is 2. The fourth-order valence-electron chi connectivity index (χ4n) is 1.90. The Morgan fingerprint density at radius 2 is 2.00 bits per heavy atom. The van der Waals surface area contributed by atoms with Crippen LogP contribution in [0, 0.1) is 0 Å². The summed E-state index contributed by atoms with van der Waals surface area (Å²) in [5.41, 5.74) is 0.650. The lowest BCUT2D eigenvalue weighted by Gasteiger charge is -2.21. The highest BCUT2D eigenvalue weighted by Gasteiger charge is 2.27. The van der Waals surface area contributed by atoms with E-state index in [1.807, 2.05) is 0 Å². The van der Waals surface area contributed by atoms with Gasteiger partial charge in [0, 0.05) is 5.69 Å². The summed E-state index contributed by atoms with van der Waals surface area (Å²) in [4.78, 5) is 23.0. The van der Waals surface area contributed by atoms with Gasteiger partial charge in [-0.3, -0.25) is 10.1 Å². The molecule has 3 rings (SSSR count). The molecule has 7 heteroatoms. The SMILES string of the molecule is O=C(Nc1ccc2c(c1)NC(=O)C(F)O2)Oc1ccccc1. The van der Waals surface area contributed by atoms with Gasteiger partial charge in [-0.2, -0.15) is 4.39 Å². The molecule has 0 saturated heterocycles. The van der Waals surface area contributed by atoms with E-state index in [2.05, 4.69) is 10.6 Å². The first-order chi connectivity index (χ1) is 10.6. The second-order valence-electron chi connectivity index (χ2n) is 4.46. The largest absolute Gasteiger partial charge is 0.450 e. The normalized spacial score (nSPS) is 16.0. The van der Waals surface area contributed by atoms with Gasteiger partial charge in [0.2, 0.25) is 0 Å². The number of alkyl halides is 1. The molecular weight excluding hydrogens is 291 g/mol. The van der Waals surface area contributed by atoms with Crippen LogP contribution in [-0.4, -0.2) is 18.4 Å². The molecule has 0 fully saturated rings. The molecule has 1 unspecified atom stereocenters. The third kappa shape index (κ3) is 2.98. The van der Waals surface area contributed by atoms with Crippen molar-refractivity contribution in [2.75, 3.05) is 10.6 Å². The molecule has 1 atom stereocenters. The van der Waals surface area contributed by atoms with Gasteiger partial charge in [-0.1, -0.05) is 18.2 Å². The molecule has 0 aromatic heterocycles. The molecule has 0 aliphatic carbocycles. The highest BCUT2D eigenvalue weighted by Crippen LogP contribution is 2.32. The second-order valence-corrected chi connectivity index (χ2v) is 4.46. The lowest BCUT2D eigenvalue weighted by Crippen LogP contribution is -2.33. The lowest BCUT2D eigenvalue weighted by molar-refractivity contribution is -0.130. The zero-order chi connectivity index (χ0) is 15.5. The number of ether oxygens (including phenoxy) is 2. The maximum Gasteiger partial charge on any atom is 0.417 e. The summed E-state index contributed by atoms with van der Waals surface area (Å²) in [6, 6.07) is 13.0. The average molecular weight is 302 g/mol. The molecule has 2 amide bonds. The molecular formula is C15H11FN2O4. The molecule has 112 valence electrons. The van der Waals surface area contributed by atoms with Crippen LogP contribution in [0.3, 0.4) is 0 Å². The number of amides is 2. The fourth-order valence-corrected chi connectivity index (χ4v) is 1.90. The maximum atomic E-state index is 13.1. The van der Waals surface area contributed by atoms with E-state index in [4.69, 9.17) is 9.47 Å². The molecule has 0 saturated carbocycles. The molecule has 1 aliphatic heterocycles. The van der Waals surface area contributed by atoms with Crippen LogP contribution in [0.5, 0.6) is 11.5 Å². The Kier molecular flexibility index (Phi) is 3.61. The number of rotatable bonds is 2. The van der Waals surface area contributed by atoms with Crippen LogP contribution in [0.25, 0.3) is 0 Å². The molecule has 2 aromatic carbocycles. The lowest BCUT2D eigenvalue weighted by atomic mass is 10.2. The summed E-state index contributed by atoms with van der Waals surface area (Å²) in [6.45, 7) is 0. The van der Waals surface area contributed by atoms with E-state index in [1.54, 1.807) is 30.3 Å². The summed E-state index contributed by atoms with van der Waals surface area (Å²) in [6.07, 6.45) is -2.72. The number of hydrogen-bond donors (Lipinski definition) is 2. The Bertz CT molecular complexity index is 721. The van der Waals surface area contributed by atoms with Gasteiger partial charge in [0.1, 0.15) is 11.5 Å². The van der Waals surface area contributed by atoms with Crippen LogP contribution in [0.1, 0.15) is 0 Å². The van der Waals surface area contributed by atoms with E-state index in [0.717, 1.165) is 0 Å². The summed E-state index contributed by atoms with van der Waals surface area (Å²) in [7, 11) is 0. The number of carbonyl (C=O) groups excluding carboxylic acids is 2. The smallest absolute Gasteiger partial charge is 0.417 e. The van der Waals surface area contributed by atoms with Crippen LogP contribution in [-0.2, 0) is 4.79 Å². The minimum Gasteiger partial charge on any atom is -0.450 e. The Balaban J connectivity index is 1.70. The Morgan fingerprint density at radius 3 is 2.77 bits per heavy atom. The Morgan fingerprint density at radius 1 is 1.23 bits per heavy atom. The predicted molar refractivity (Wildman–Crippen MR) is 76.7 cm³/mol. The van der Waals surface area contributed by atoms with Crippen molar-refractivity contribution < 1.29 is 23.5 Å². The van der Waals surface area contributed by atoms with Gasteiger partial charge < -0.3 is 14.8 Å². The predicted octanol–water partition coefficient (Wildman–Crippen LogP) is 2.92. The van der Waals surface area contributed by atoms with Crippen LogP contribution < -0.4 is 20.1 Å². The van der Waals surface area contributed by atoms with E-state index in [0.29, 0.717) is 11.4 Å². The van der Waals surface area contributed by atoms with Crippen molar-refractivity contribution in [3.05, 3.63) is 48.5 Å². The number of hydrogen-bond acceptors (Lipinski definition) is 4. The third-order valence-electron chi connectivity index (χ3n) is 2.87. The first kappa shape index (κ1) is 13.9. The quantitative estimate of drug-likeness (QED) is 0.894. The topological polar surface area (TPSA) is 76.7 Å². The van der Waals surface area contributed by atoms with Gasteiger partial charge in [0.25, 0.3) is 5.91 Å². The molecule has 22 heavy (non-hydrogen) atoms.